The number of hydrogen-bond acceptors (Lipinski definition) is 3. The zero-order valence-electron chi connectivity index (χ0n) is 13.0. The number of Topliss-reactive ketones (excluding diaryl/α,β-unsaturated/α-hetero) is 1. The molecule has 1 fully saturated rings. The average Bonchev–Trinajstić information content (AvgIpc) is 2.97. The second-order valence-electron chi connectivity index (χ2n) is 6.43. The van der Waals surface area contributed by atoms with E-state index < -0.39 is 0 Å². The van der Waals surface area contributed by atoms with Gasteiger partial charge in [-0.1, -0.05) is 24.3 Å². The Morgan fingerprint density at radius 2 is 1.57 bits per heavy atom. The van der Waals surface area contributed by atoms with Crippen LogP contribution in [0.15, 0.2) is 35.5 Å². The number of ketones is 1. The van der Waals surface area contributed by atoms with E-state index in [9.17, 15) is 9.59 Å². The van der Waals surface area contributed by atoms with E-state index in [2.05, 4.69) is 0 Å². The Balaban J connectivity index is 0.000000170. The van der Waals surface area contributed by atoms with Crippen LogP contribution in [0.1, 0.15) is 40.0 Å². The maximum atomic E-state index is 11.5. The highest BCUT2D eigenvalue weighted by atomic mass is 16.6. The van der Waals surface area contributed by atoms with Crippen LogP contribution in [0, 0.1) is 0 Å². The van der Waals surface area contributed by atoms with Crippen LogP contribution in [0.2, 0.25) is 0 Å². The van der Waals surface area contributed by atoms with E-state index in [0.717, 1.165) is 37.1 Å². The van der Waals surface area contributed by atoms with Crippen molar-refractivity contribution in [1.82, 2.24) is 4.90 Å². The minimum absolute atomic E-state index is 0.160. The number of carbonyl (C=O) groups is 2. The molecule has 0 radical (unpaired) electrons. The lowest BCUT2D eigenvalue weighted by atomic mass is 10.1. The van der Waals surface area contributed by atoms with Crippen LogP contribution in [0.4, 0.5) is 4.79 Å². The number of amides is 1. The molecule has 1 heterocycles. The van der Waals surface area contributed by atoms with Gasteiger partial charge in [-0.15, -0.1) is 0 Å². The number of piperidine rings is 1. The van der Waals surface area contributed by atoms with E-state index in [4.69, 9.17) is 4.74 Å². The average molecular weight is 289 g/mol. The molecule has 0 spiro atoms. The van der Waals surface area contributed by atoms with Crippen molar-refractivity contribution in [2.24, 2.45) is 0 Å². The predicted octanol–water partition coefficient (Wildman–Crippen LogP) is 3.40. The van der Waals surface area contributed by atoms with Crippen molar-refractivity contribution in [2.75, 3.05) is 13.1 Å². The third kappa shape index (κ3) is 4.31. The molecule has 3 rings (SSSR count). The van der Waals surface area contributed by atoms with E-state index in [-0.39, 0.29) is 17.5 Å². The quantitative estimate of drug-likeness (QED) is 0.686. The minimum Gasteiger partial charge on any atom is -0.444 e. The van der Waals surface area contributed by atoms with Gasteiger partial charge >= 0.3 is 6.09 Å². The molecular formula is C17H23NO3. The van der Waals surface area contributed by atoms with Gasteiger partial charge in [-0.2, -0.15) is 0 Å². The second kappa shape index (κ2) is 6.29. The van der Waals surface area contributed by atoms with Crippen LogP contribution < -0.4 is 0 Å². The van der Waals surface area contributed by atoms with Gasteiger partial charge in [0.05, 0.1) is 0 Å². The van der Waals surface area contributed by atoms with Crippen LogP contribution in [-0.4, -0.2) is 35.5 Å². The molecular weight excluding hydrogens is 266 g/mol. The van der Waals surface area contributed by atoms with Crippen LogP contribution in [0.3, 0.4) is 0 Å². The molecule has 3 aliphatic rings. The molecule has 4 nitrogen and oxygen atoms in total. The number of rotatable bonds is 0. The Kier molecular flexibility index (Phi) is 4.66. The van der Waals surface area contributed by atoms with Crippen molar-refractivity contribution in [3.63, 3.8) is 0 Å². The fourth-order valence-corrected chi connectivity index (χ4v) is 2.34. The summed E-state index contributed by atoms with van der Waals surface area (Å²) in [6.45, 7) is 7.41. The summed E-state index contributed by atoms with van der Waals surface area (Å²) in [6.07, 6.45) is 10.7. The Labute approximate surface area is 126 Å². The minimum atomic E-state index is -0.367. The Morgan fingerprint density at radius 3 is 1.90 bits per heavy atom. The zero-order chi connectivity index (χ0) is 15.5. The smallest absolute Gasteiger partial charge is 0.410 e. The first-order valence-electron chi connectivity index (χ1n) is 7.49. The Morgan fingerprint density at radius 1 is 1.05 bits per heavy atom. The number of carbonyl (C=O) groups excluding carboxylic acids is 2. The molecule has 21 heavy (non-hydrogen) atoms. The lowest BCUT2D eigenvalue weighted by molar-refractivity contribution is -0.111. The Hall–Kier alpha value is -1.84. The van der Waals surface area contributed by atoms with Crippen LogP contribution in [0.5, 0.6) is 0 Å². The molecule has 1 amide bonds. The lowest BCUT2D eigenvalue weighted by Crippen LogP contribution is -2.39. The first-order valence-corrected chi connectivity index (χ1v) is 7.49. The fourth-order valence-electron chi connectivity index (χ4n) is 2.34. The van der Waals surface area contributed by atoms with E-state index in [0.29, 0.717) is 0 Å². The fraction of sp³-hybridized carbons (Fsp3) is 0.529. The van der Waals surface area contributed by atoms with Gasteiger partial charge in [0.1, 0.15) is 5.60 Å². The van der Waals surface area contributed by atoms with Gasteiger partial charge < -0.3 is 9.64 Å². The SMILES string of the molecule is CC(C)(C)OC(=O)N1CCCCC1.O=C1C2=CC=C1C=C2. The molecule has 4 heteroatoms. The zero-order valence-corrected chi connectivity index (χ0v) is 13.0. The maximum absolute atomic E-state index is 11.5. The van der Waals surface area contributed by atoms with Gasteiger partial charge in [-0.3, -0.25) is 4.79 Å². The normalized spacial score (nSPS) is 19.8. The summed E-state index contributed by atoms with van der Waals surface area (Å²) >= 11 is 0. The standard InChI is InChI=1S/C10H19NO2.C7H4O/c1-10(2,3)13-9(12)11-7-5-4-6-8-11;8-7-5-1-2-6(7)4-3-5/h4-8H2,1-3H3;1-4H. The van der Waals surface area contributed by atoms with Gasteiger partial charge in [0, 0.05) is 24.2 Å². The monoisotopic (exact) mass is 289 g/mol. The summed E-state index contributed by atoms with van der Waals surface area (Å²) in [5.74, 6) is 0.185. The molecule has 0 N–H and O–H groups in total. The van der Waals surface area contributed by atoms with Crippen molar-refractivity contribution >= 4 is 11.9 Å². The van der Waals surface area contributed by atoms with Gasteiger partial charge in [0.25, 0.3) is 0 Å². The van der Waals surface area contributed by atoms with Gasteiger partial charge in [-0.25, -0.2) is 4.79 Å². The first-order chi connectivity index (χ1) is 9.87. The van der Waals surface area contributed by atoms with Crippen LogP contribution in [0.25, 0.3) is 0 Å². The summed E-state index contributed by atoms with van der Waals surface area (Å²) in [5.41, 5.74) is 1.30. The second-order valence-corrected chi connectivity index (χ2v) is 6.43. The van der Waals surface area contributed by atoms with Gasteiger partial charge in [0.15, 0.2) is 5.78 Å². The molecule has 0 unspecified atom stereocenters. The molecule has 0 aromatic carbocycles. The van der Waals surface area contributed by atoms with Gasteiger partial charge in [0.2, 0.25) is 0 Å². The highest BCUT2D eigenvalue weighted by Gasteiger charge is 2.23. The first kappa shape index (κ1) is 15.5. The molecule has 2 aliphatic carbocycles. The summed E-state index contributed by atoms with van der Waals surface area (Å²) < 4.78 is 5.26. The number of nitrogens with zero attached hydrogens (tertiary/aromatic N) is 1. The van der Waals surface area contributed by atoms with E-state index in [1.54, 1.807) is 4.90 Å². The van der Waals surface area contributed by atoms with Crippen molar-refractivity contribution in [3.05, 3.63) is 35.5 Å². The van der Waals surface area contributed by atoms with E-state index in [1.807, 2.05) is 45.1 Å². The summed E-state index contributed by atoms with van der Waals surface area (Å²) in [7, 11) is 0. The number of likely N-dealkylation sites (tertiary alicyclic amines) is 1. The van der Waals surface area contributed by atoms with Crippen molar-refractivity contribution < 1.29 is 14.3 Å². The molecule has 114 valence electrons. The molecule has 1 aliphatic heterocycles. The summed E-state index contributed by atoms with van der Waals surface area (Å²) in [5, 5.41) is 0. The molecule has 0 aromatic rings. The van der Waals surface area contributed by atoms with Crippen LogP contribution in [-0.2, 0) is 9.53 Å². The topological polar surface area (TPSA) is 46.6 Å². The van der Waals surface area contributed by atoms with E-state index in [1.165, 1.54) is 6.42 Å². The highest BCUT2D eigenvalue weighted by molar-refractivity contribution is 6.17. The molecule has 0 atom stereocenters. The molecule has 0 aromatic heterocycles. The van der Waals surface area contributed by atoms with E-state index >= 15 is 0 Å². The lowest BCUT2D eigenvalue weighted by Gasteiger charge is -2.29. The third-order valence-corrected chi connectivity index (χ3v) is 3.42. The predicted molar refractivity (Wildman–Crippen MR) is 82.0 cm³/mol. The van der Waals surface area contributed by atoms with Crippen molar-refractivity contribution in [3.8, 4) is 0 Å². The summed E-state index contributed by atoms with van der Waals surface area (Å²) in [4.78, 5) is 24.1. The van der Waals surface area contributed by atoms with Crippen LogP contribution >= 0.6 is 0 Å². The number of fused-ring (bicyclic) bond motifs is 2. The van der Waals surface area contributed by atoms with Crippen molar-refractivity contribution in [1.29, 1.82) is 0 Å². The third-order valence-electron chi connectivity index (χ3n) is 3.42. The maximum Gasteiger partial charge on any atom is 0.410 e. The number of allylic oxidation sites excluding steroid dienone is 6. The van der Waals surface area contributed by atoms with Crippen molar-refractivity contribution in [2.45, 2.75) is 45.6 Å². The highest BCUT2D eigenvalue weighted by Crippen LogP contribution is 2.23. The number of hydrogen-bond donors (Lipinski definition) is 0. The number of ether oxygens (including phenoxy) is 1. The molecule has 0 saturated carbocycles. The Bertz CT molecular complexity index is 491. The molecule has 1 saturated heterocycles. The largest absolute Gasteiger partial charge is 0.444 e. The van der Waals surface area contributed by atoms with Gasteiger partial charge in [-0.05, 0) is 40.0 Å². The summed E-state index contributed by atoms with van der Waals surface area (Å²) in [6, 6.07) is 0. The molecule has 2 bridgehead atoms.